The number of halogens is 1. The van der Waals surface area contributed by atoms with Crippen LogP contribution < -0.4 is 4.90 Å². The van der Waals surface area contributed by atoms with Crippen molar-refractivity contribution in [2.45, 2.75) is 0 Å². The van der Waals surface area contributed by atoms with Gasteiger partial charge in [-0.15, -0.1) is 0 Å². The lowest BCUT2D eigenvalue weighted by atomic mass is 10.2. The van der Waals surface area contributed by atoms with Gasteiger partial charge >= 0.3 is 0 Å². The molecule has 6 heteroatoms. The molecule has 1 aliphatic heterocycles. The molecule has 0 amide bonds. The van der Waals surface area contributed by atoms with Gasteiger partial charge in [-0.05, 0) is 36.4 Å². The Morgan fingerprint density at radius 1 is 1.05 bits per heavy atom. The van der Waals surface area contributed by atoms with Crippen molar-refractivity contribution in [3.8, 4) is 11.4 Å². The van der Waals surface area contributed by atoms with Gasteiger partial charge in [0.2, 0.25) is 0 Å². The van der Waals surface area contributed by atoms with Crippen LogP contribution in [0.25, 0.3) is 22.6 Å². The van der Waals surface area contributed by atoms with Crippen LogP contribution in [-0.2, 0) is 4.74 Å². The fourth-order valence-electron chi connectivity index (χ4n) is 2.71. The van der Waals surface area contributed by atoms with Crippen molar-refractivity contribution >= 4 is 28.6 Å². The maximum absolute atomic E-state index is 6.37. The molecule has 0 saturated carbocycles. The fraction of sp³-hybridized carbons (Fsp3) is 0.250. The van der Waals surface area contributed by atoms with E-state index in [1.54, 1.807) is 10.3 Å². The second-order valence-electron chi connectivity index (χ2n) is 5.21. The summed E-state index contributed by atoms with van der Waals surface area (Å²) in [5.41, 5.74) is 3.65. The number of morpholine rings is 1. The van der Waals surface area contributed by atoms with Gasteiger partial charge in [0.25, 0.3) is 0 Å². The Morgan fingerprint density at radius 2 is 1.82 bits per heavy atom. The third-order valence-corrected chi connectivity index (χ3v) is 4.22. The zero-order valence-electron chi connectivity index (χ0n) is 11.9. The van der Waals surface area contributed by atoms with Gasteiger partial charge in [-0.3, -0.25) is 0 Å². The van der Waals surface area contributed by atoms with Crippen LogP contribution in [0, 0.1) is 0 Å². The minimum Gasteiger partial charge on any atom is -0.378 e. The van der Waals surface area contributed by atoms with Gasteiger partial charge in [-0.2, -0.15) is 0 Å². The Kier molecular flexibility index (Phi) is 3.44. The number of rotatable bonds is 2. The van der Waals surface area contributed by atoms with E-state index >= 15 is 0 Å². The first-order valence-electron chi connectivity index (χ1n) is 7.26. The van der Waals surface area contributed by atoms with Crippen LogP contribution in [0.3, 0.4) is 0 Å². The summed E-state index contributed by atoms with van der Waals surface area (Å²) in [5.74, 6) is 0.712. The molecule has 0 N–H and O–H groups in total. The zero-order chi connectivity index (χ0) is 14.9. The molecule has 0 aliphatic carbocycles. The van der Waals surface area contributed by atoms with Crippen molar-refractivity contribution < 1.29 is 4.74 Å². The van der Waals surface area contributed by atoms with Gasteiger partial charge < -0.3 is 9.64 Å². The second kappa shape index (κ2) is 5.59. The Hall–Kier alpha value is -2.11. The average Bonchev–Trinajstić information content (AvgIpc) is 2.93. The third-order valence-electron chi connectivity index (χ3n) is 3.88. The largest absolute Gasteiger partial charge is 0.378 e. The lowest BCUT2D eigenvalue weighted by Crippen LogP contribution is -2.36. The fourth-order valence-corrected chi connectivity index (χ4v) is 2.97. The van der Waals surface area contributed by atoms with E-state index in [0.29, 0.717) is 11.5 Å². The monoisotopic (exact) mass is 314 g/mol. The molecule has 5 nitrogen and oxygen atoms in total. The van der Waals surface area contributed by atoms with Crippen LogP contribution in [-0.4, -0.2) is 40.4 Å². The van der Waals surface area contributed by atoms with E-state index in [9.17, 15) is 0 Å². The molecule has 1 aromatic carbocycles. The third kappa shape index (κ3) is 2.32. The highest BCUT2D eigenvalue weighted by molar-refractivity contribution is 6.20. The Labute approximate surface area is 133 Å². The number of hydrogen-bond donors (Lipinski definition) is 0. The highest BCUT2D eigenvalue weighted by Gasteiger charge is 2.14. The molecule has 0 unspecified atom stereocenters. The molecule has 3 heterocycles. The number of imidazole rings is 1. The van der Waals surface area contributed by atoms with Gasteiger partial charge in [0.1, 0.15) is 5.52 Å². The number of benzene rings is 1. The van der Waals surface area contributed by atoms with E-state index in [4.69, 9.17) is 16.5 Å². The molecule has 0 bridgehead atoms. The number of aromatic nitrogens is 3. The van der Waals surface area contributed by atoms with E-state index in [-0.39, 0.29) is 0 Å². The average molecular weight is 315 g/mol. The Morgan fingerprint density at radius 3 is 2.55 bits per heavy atom. The number of hydrogen-bond acceptors (Lipinski definition) is 4. The van der Waals surface area contributed by atoms with E-state index < -0.39 is 0 Å². The SMILES string of the molecule is Cln1c(-c2ccc(N3CCOCC3)cc2)nc2ncccc21. The van der Waals surface area contributed by atoms with Crippen molar-refractivity contribution in [1.29, 1.82) is 0 Å². The number of anilines is 1. The number of fused-ring (bicyclic) bond motifs is 1. The normalized spacial score (nSPS) is 15.4. The molecule has 22 heavy (non-hydrogen) atoms. The molecule has 0 spiro atoms. The molecule has 112 valence electrons. The van der Waals surface area contributed by atoms with Gasteiger partial charge in [-0.25, -0.2) is 14.1 Å². The summed E-state index contributed by atoms with van der Waals surface area (Å²) >= 11 is 6.37. The first-order chi connectivity index (χ1) is 10.8. The minimum atomic E-state index is 0.657. The summed E-state index contributed by atoms with van der Waals surface area (Å²) in [4.78, 5) is 11.1. The highest BCUT2D eigenvalue weighted by Crippen LogP contribution is 2.27. The second-order valence-corrected chi connectivity index (χ2v) is 5.55. The predicted molar refractivity (Wildman–Crippen MR) is 87.2 cm³/mol. The van der Waals surface area contributed by atoms with Crippen molar-refractivity contribution in [3.63, 3.8) is 0 Å². The summed E-state index contributed by atoms with van der Waals surface area (Å²) in [7, 11) is 0. The molecular formula is C16H15ClN4O. The van der Waals surface area contributed by atoms with Crippen LogP contribution >= 0.6 is 11.8 Å². The first kappa shape index (κ1) is 13.5. The van der Waals surface area contributed by atoms with Crippen LogP contribution in [0.4, 0.5) is 5.69 Å². The topological polar surface area (TPSA) is 43.2 Å². The molecular weight excluding hydrogens is 300 g/mol. The number of nitrogens with zero attached hydrogens (tertiary/aromatic N) is 4. The van der Waals surface area contributed by atoms with Crippen molar-refractivity contribution in [1.82, 2.24) is 14.1 Å². The van der Waals surface area contributed by atoms with E-state index in [0.717, 1.165) is 37.4 Å². The van der Waals surface area contributed by atoms with E-state index in [1.165, 1.54) is 5.69 Å². The maximum atomic E-state index is 6.37. The van der Waals surface area contributed by atoms with Crippen LogP contribution in [0.5, 0.6) is 0 Å². The Bertz CT molecular complexity index is 794. The number of pyridine rings is 1. The van der Waals surface area contributed by atoms with Crippen molar-refractivity contribution in [2.75, 3.05) is 31.2 Å². The predicted octanol–water partition coefficient (Wildman–Crippen LogP) is 2.94. The summed E-state index contributed by atoms with van der Waals surface area (Å²) in [5, 5.41) is 0. The van der Waals surface area contributed by atoms with Crippen molar-refractivity contribution in [3.05, 3.63) is 42.6 Å². The van der Waals surface area contributed by atoms with E-state index in [1.807, 2.05) is 24.3 Å². The van der Waals surface area contributed by atoms with E-state index in [2.05, 4.69) is 27.0 Å². The Balaban J connectivity index is 1.68. The molecule has 1 saturated heterocycles. The molecule has 1 aliphatic rings. The van der Waals surface area contributed by atoms with Crippen LogP contribution in [0.15, 0.2) is 42.6 Å². The molecule has 3 aromatic rings. The molecule has 0 atom stereocenters. The lowest BCUT2D eigenvalue weighted by molar-refractivity contribution is 0.122. The lowest BCUT2D eigenvalue weighted by Gasteiger charge is -2.28. The molecule has 0 radical (unpaired) electrons. The summed E-state index contributed by atoms with van der Waals surface area (Å²) < 4.78 is 6.95. The first-order valence-corrected chi connectivity index (χ1v) is 7.59. The smallest absolute Gasteiger partial charge is 0.179 e. The standard InChI is InChI=1S/C16H15ClN4O/c17-21-14-2-1-7-18-15(14)19-16(21)12-3-5-13(6-4-12)20-8-10-22-11-9-20/h1-7H,8-11H2. The molecule has 4 rings (SSSR count). The van der Waals surface area contributed by atoms with Gasteiger partial charge in [0.05, 0.1) is 13.2 Å². The number of ether oxygens (including phenoxy) is 1. The highest BCUT2D eigenvalue weighted by atomic mass is 35.5. The summed E-state index contributed by atoms with van der Waals surface area (Å²) in [6, 6.07) is 12.1. The van der Waals surface area contributed by atoms with Crippen LogP contribution in [0.2, 0.25) is 0 Å². The minimum absolute atomic E-state index is 0.657. The maximum Gasteiger partial charge on any atom is 0.179 e. The van der Waals surface area contributed by atoms with Gasteiger partial charge in [0, 0.05) is 42.3 Å². The molecule has 1 fully saturated rings. The van der Waals surface area contributed by atoms with Crippen LogP contribution in [0.1, 0.15) is 0 Å². The zero-order valence-corrected chi connectivity index (χ0v) is 12.7. The van der Waals surface area contributed by atoms with Gasteiger partial charge in [0.15, 0.2) is 11.5 Å². The van der Waals surface area contributed by atoms with Crippen molar-refractivity contribution in [2.24, 2.45) is 0 Å². The summed E-state index contributed by atoms with van der Waals surface area (Å²) in [6.45, 7) is 3.42. The quantitative estimate of drug-likeness (QED) is 0.729. The molecule has 2 aromatic heterocycles. The van der Waals surface area contributed by atoms with Gasteiger partial charge in [-0.1, -0.05) is 0 Å². The summed E-state index contributed by atoms with van der Waals surface area (Å²) in [6.07, 6.45) is 1.72.